The molecule has 88 valence electrons. The summed E-state index contributed by atoms with van der Waals surface area (Å²) >= 11 is 0. The van der Waals surface area contributed by atoms with Crippen molar-refractivity contribution in [2.45, 2.75) is 0 Å². The Kier molecular flexibility index (Phi) is 2.34. The maximum Gasteiger partial charge on any atom is 0.270 e. The van der Waals surface area contributed by atoms with E-state index in [1.807, 2.05) is 36.4 Å². The Morgan fingerprint density at radius 2 is 1.78 bits per heavy atom. The second kappa shape index (κ2) is 4.00. The minimum Gasteiger partial charge on any atom is -0.355 e. The number of benzene rings is 2. The molecule has 0 spiro atoms. The molecule has 0 aliphatic carbocycles. The Morgan fingerprint density at radius 3 is 2.50 bits per heavy atom. The number of hydrogen-bond donors (Lipinski definition) is 1. The summed E-state index contributed by atoms with van der Waals surface area (Å²) in [5.74, 6) is 0. The van der Waals surface area contributed by atoms with E-state index >= 15 is 0 Å². The van der Waals surface area contributed by atoms with Gasteiger partial charge >= 0.3 is 0 Å². The summed E-state index contributed by atoms with van der Waals surface area (Å²) in [6, 6.07) is 16.6. The lowest BCUT2D eigenvalue weighted by atomic mass is 10.1. The number of nitrogens with zero attached hydrogens (tertiary/aromatic N) is 1. The number of nitro benzene ring substituents is 1. The molecule has 0 radical (unpaired) electrons. The van der Waals surface area contributed by atoms with E-state index in [1.54, 1.807) is 12.1 Å². The number of nitro groups is 1. The van der Waals surface area contributed by atoms with Crippen LogP contribution in [0.3, 0.4) is 0 Å². The summed E-state index contributed by atoms with van der Waals surface area (Å²) in [7, 11) is 0. The number of hydrogen-bond acceptors (Lipinski definition) is 2. The van der Waals surface area contributed by atoms with Crippen LogP contribution in [0.2, 0.25) is 0 Å². The fourth-order valence-corrected chi connectivity index (χ4v) is 2.01. The minimum atomic E-state index is -0.380. The molecule has 0 saturated heterocycles. The highest BCUT2D eigenvalue weighted by Gasteiger charge is 2.08. The number of fused-ring (bicyclic) bond motifs is 1. The standard InChI is InChI=1S/C14H10N2O2/c17-16(18)12-6-7-13-11(8-12)9-14(15-13)10-4-2-1-3-5-10/h1-9,15H. The van der Waals surface area contributed by atoms with Gasteiger partial charge in [0.15, 0.2) is 0 Å². The van der Waals surface area contributed by atoms with Crippen molar-refractivity contribution < 1.29 is 4.92 Å². The number of H-pyrrole nitrogens is 1. The van der Waals surface area contributed by atoms with Crippen molar-refractivity contribution in [2.24, 2.45) is 0 Å². The molecule has 0 fully saturated rings. The number of aromatic amines is 1. The van der Waals surface area contributed by atoms with Gasteiger partial charge in [-0.15, -0.1) is 0 Å². The molecule has 0 atom stereocenters. The van der Waals surface area contributed by atoms with Gasteiger partial charge in [-0.2, -0.15) is 0 Å². The molecule has 2 aromatic carbocycles. The maximum absolute atomic E-state index is 10.7. The summed E-state index contributed by atoms with van der Waals surface area (Å²) in [5, 5.41) is 11.6. The van der Waals surface area contributed by atoms with Crippen molar-refractivity contribution in [1.29, 1.82) is 0 Å². The van der Waals surface area contributed by atoms with Crippen LogP contribution in [0.4, 0.5) is 5.69 Å². The molecule has 1 aromatic heterocycles. The summed E-state index contributed by atoms with van der Waals surface area (Å²) < 4.78 is 0. The average Bonchev–Trinajstić information content (AvgIpc) is 2.82. The Hall–Kier alpha value is -2.62. The van der Waals surface area contributed by atoms with Gasteiger partial charge in [0.05, 0.1) is 4.92 Å². The van der Waals surface area contributed by atoms with E-state index in [0.717, 1.165) is 22.2 Å². The van der Waals surface area contributed by atoms with Crippen LogP contribution in [0.15, 0.2) is 54.6 Å². The molecular formula is C14H10N2O2. The summed E-state index contributed by atoms with van der Waals surface area (Å²) in [6.07, 6.45) is 0. The zero-order valence-corrected chi connectivity index (χ0v) is 9.46. The van der Waals surface area contributed by atoms with Crippen LogP contribution in [-0.4, -0.2) is 9.91 Å². The fourth-order valence-electron chi connectivity index (χ4n) is 2.01. The first kappa shape index (κ1) is 10.5. The third-order valence-corrected chi connectivity index (χ3v) is 2.90. The molecule has 3 rings (SSSR count). The number of non-ortho nitro benzene ring substituents is 1. The van der Waals surface area contributed by atoms with Crippen LogP contribution in [0.5, 0.6) is 0 Å². The molecule has 18 heavy (non-hydrogen) atoms. The van der Waals surface area contributed by atoms with Gasteiger partial charge in [0.1, 0.15) is 0 Å². The number of nitrogens with one attached hydrogen (secondary N) is 1. The van der Waals surface area contributed by atoms with Crippen LogP contribution in [-0.2, 0) is 0 Å². The molecule has 3 aromatic rings. The van der Waals surface area contributed by atoms with Crippen molar-refractivity contribution in [1.82, 2.24) is 4.98 Å². The molecule has 0 aliphatic heterocycles. The first-order valence-electron chi connectivity index (χ1n) is 5.56. The monoisotopic (exact) mass is 238 g/mol. The van der Waals surface area contributed by atoms with Gasteiger partial charge in [-0.3, -0.25) is 10.1 Å². The summed E-state index contributed by atoms with van der Waals surface area (Å²) in [6.45, 7) is 0. The van der Waals surface area contributed by atoms with Crippen molar-refractivity contribution >= 4 is 16.6 Å². The van der Waals surface area contributed by atoms with Crippen LogP contribution in [0, 0.1) is 10.1 Å². The van der Waals surface area contributed by atoms with Gasteiger partial charge in [0.2, 0.25) is 0 Å². The predicted molar refractivity (Wildman–Crippen MR) is 70.4 cm³/mol. The lowest BCUT2D eigenvalue weighted by molar-refractivity contribution is -0.384. The quantitative estimate of drug-likeness (QED) is 0.546. The highest BCUT2D eigenvalue weighted by atomic mass is 16.6. The van der Waals surface area contributed by atoms with E-state index in [9.17, 15) is 10.1 Å². The van der Waals surface area contributed by atoms with Crippen LogP contribution in [0.1, 0.15) is 0 Å². The van der Waals surface area contributed by atoms with Gasteiger partial charge in [-0.05, 0) is 17.7 Å². The molecular weight excluding hydrogens is 228 g/mol. The molecule has 0 aliphatic rings. The molecule has 1 N–H and O–H groups in total. The number of rotatable bonds is 2. The van der Waals surface area contributed by atoms with Crippen LogP contribution < -0.4 is 0 Å². The van der Waals surface area contributed by atoms with E-state index in [4.69, 9.17) is 0 Å². The highest BCUT2D eigenvalue weighted by Crippen LogP contribution is 2.26. The van der Waals surface area contributed by atoms with Gasteiger partial charge in [0.25, 0.3) is 5.69 Å². The van der Waals surface area contributed by atoms with Gasteiger partial charge in [-0.25, -0.2) is 0 Å². The van der Waals surface area contributed by atoms with E-state index in [-0.39, 0.29) is 10.6 Å². The zero-order valence-electron chi connectivity index (χ0n) is 9.46. The molecule has 4 heteroatoms. The third kappa shape index (κ3) is 1.73. The second-order valence-corrected chi connectivity index (χ2v) is 4.08. The van der Waals surface area contributed by atoms with Crippen molar-refractivity contribution in [3.05, 3.63) is 64.7 Å². The molecule has 0 amide bonds. The lowest BCUT2D eigenvalue weighted by Crippen LogP contribution is -1.86. The smallest absolute Gasteiger partial charge is 0.270 e. The molecule has 0 saturated carbocycles. The van der Waals surface area contributed by atoms with Gasteiger partial charge in [-0.1, -0.05) is 30.3 Å². The normalized spacial score (nSPS) is 10.7. The Labute approximate surface area is 103 Å². The van der Waals surface area contributed by atoms with Crippen molar-refractivity contribution in [2.75, 3.05) is 0 Å². The first-order chi connectivity index (χ1) is 8.74. The molecule has 1 heterocycles. The largest absolute Gasteiger partial charge is 0.355 e. The van der Waals surface area contributed by atoms with Gasteiger partial charge < -0.3 is 4.98 Å². The predicted octanol–water partition coefficient (Wildman–Crippen LogP) is 3.74. The van der Waals surface area contributed by atoms with Crippen LogP contribution in [0.25, 0.3) is 22.2 Å². The third-order valence-electron chi connectivity index (χ3n) is 2.90. The highest BCUT2D eigenvalue weighted by molar-refractivity contribution is 5.87. The topological polar surface area (TPSA) is 58.9 Å². The van der Waals surface area contributed by atoms with Crippen molar-refractivity contribution in [3.63, 3.8) is 0 Å². The zero-order chi connectivity index (χ0) is 12.5. The number of aromatic nitrogens is 1. The Morgan fingerprint density at radius 1 is 1.00 bits per heavy atom. The minimum absolute atomic E-state index is 0.112. The van der Waals surface area contributed by atoms with Crippen LogP contribution >= 0.6 is 0 Å². The summed E-state index contributed by atoms with van der Waals surface area (Å²) in [4.78, 5) is 13.6. The van der Waals surface area contributed by atoms with E-state index in [2.05, 4.69) is 4.98 Å². The summed E-state index contributed by atoms with van der Waals surface area (Å²) in [5.41, 5.74) is 3.04. The Balaban J connectivity index is 2.14. The van der Waals surface area contributed by atoms with E-state index < -0.39 is 0 Å². The lowest BCUT2D eigenvalue weighted by Gasteiger charge is -1.94. The van der Waals surface area contributed by atoms with E-state index in [0.29, 0.717) is 0 Å². The van der Waals surface area contributed by atoms with Crippen molar-refractivity contribution in [3.8, 4) is 11.3 Å². The maximum atomic E-state index is 10.7. The Bertz CT molecular complexity index is 717. The average molecular weight is 238 g/mol. The fraction of sp³-hybridized carbons (Fsp3) is 0. The second-order valence-electron chi connectivity index (χ2n) is 4.08. The van der Waals surface area contributed by atoms with Gasteiger partial charge in [0, 0.05) is 28.7 Å². The van der Waals surface area contributed by atoms with E-state index in [1.165, 1.54) is 6.07 Å². The molecule has 0 unspecified atom stereocenters. The molecule has 0 bridgehead atoms. The SMILES string of the molecule is O=[N+]([O-])c1ccc2[nH]c(-c3ccccc3)cc2c1. The first-order valence-corrected chi connectivity index (χ1v) is 5.56. The molecule has 4 nitrogen and oxygen atoms in total.